The monoisotopic (exact) mass is 277 g/mol. The van der Waals surface area contributed by atoms with E-state index in [0.29, 0.717) is 4.99 Å². The topological polar surface area (TPSA) is 42.2 Å². The van der Waals surface area contributed by atoms with Crippen LogP contribution in [0, 0.1) is 19.8 Å². The van der Waals surface area contributed by atoms with Crippen LogP contribution in [0.25, 0.3) is 0 Å². The third-order valence-corrected chi connectivity index (χ3v) is 4.16. The van der Waals surface area contributed by atoms with E-state index < -0.39 is 0 Å². The number of aromatic nitrogens is 1. The van der Waals surface area contributed by atoms with Crippen molar-refractivity contribution in [2.75, 3.05) is 18.0 Å². The highest BCUT2D eigenvalue weighted by Crippen LogP contribution is 2.30. The van der Waals surface area contributed by atoms with E-state index >= 15 is 0 Å². The van der Waals surface area contributed by atoms with Gasteiger partial charge in [-0.25, -0.2) is 4.98 Å². The van der Waals surface area contributed by atoms with Crippen LogP contribution < -0.4 is 10.6 Å². The Morgan fingerprint density at radius 2 is 2.16 bits per heavy atom. The van der Waals surface area contributed by atoms with E-state index in [9.17, 15) is 0 Å². The van der Waals surface area contributed by atoms with Gasteiger partial charge in [-0.1, -0.05) is 18.6 Å². The molecule has 0 amide bonds. The van der Waals surface area contributed by atoms with Crippen molar-refractivity contribution < 1.29 is 0 Å². The average Bonchev–Trinajstić information content (AvgIpc) is 2.26. The molecular formula is C15H23N3S. The molecule has 0 atom stereocenters. The summed E-state index contributed by atoms with van der Waals surface area (Å²) >= 11 is 5.21. The maximum Gasteiger partial charge on any atom is 0.139 e. The molecule has 0 aromatic carbocycles. The van der Waals surface area contributed by atoms with E-state index in [4.69, 9.17) is 22.9 Å². The summed E-state index contributed by atoms with van der Waals surface area (Å²) in [6.07, 6.45) is 4.04. The van der Waals surface area contributed by atoms with E-state index in [1.54, 1.807) is 0 Å². The number of rotatable bonds is 5. The van der Waals surface area contributed by atoms with Gasteiger partial charge in [-0.15, -0.1) is 0 Å². The Morgan fingerprint density at radius 1 is 1.47 bits per heavy atom. The summed E-state index contributed by atoms with van der Waals surface area (Å²) in [4.78, 5) is 7.48. The molecule has 104 valence electrons. The SMILES string of the molecule is CCN(CC1CCC1)c1nc(C)cc(C)c1C(N)=S. The van der Waals surface area contributed by atoms with Crippen LogP contribution in [-0.2, 0) is 0 Å². The lowest BCUT2D eigenvalue weighted by Crippen LogP contribution is -2.35. The smallest absolute Gasteiger partial charge is 0.139 e. The fraction of sp³-hybridized carbons (Fsp3) is 0.600. The summed E-state index contributed by atoms with van der Waals surface area (Å²) in [5.74, 6) is 1.78. The quantitative estimate of drug-likeness (QED) is 0.840. The predicted molar refractivity (Wildman–Crippen MR) is 84.8 cm³/mol. The van der Waals surface area contributed by atoms with Crippen LogP contribution >= 0.6 is 12.2 Å². The zero-order chi connectivity index (χ0) is 14.0. The molecule has 1 aromatic heterocycles. The van der Waals surface area contributed by atoms with E-state index in [-0.39, 0.29) is 0 Å². The van der Waals surface area contributed by atoms with Crippen LogP contribution in [0.2, 0.25) is 0 Å². The largest absolute Gasteiger partial charge is 0.389 e. The van der Waals surface area contributed by atoms with Gasteiger partial charge in [-0.05, 0) is 51.2 Å². The summed E-state index contributed by atoms with van der Waals surface area (Å²) in [6.45, 7) is 8.27. The molecule has 1 heterocycles. The van der Waals surface area contributed by atoms with Crippen LogP contribution in [0.3, 0.4) is 0 Å². The molecule has 0 radical (unpaired) electrons. The molecule has 19 heavy (non-hydrogen) atoms. The van der Waals surface area contributed by atoms with Gasteiger partial charge in [0, 0.05) is 18.8 Å². The van der Waals surface area contributed by atoms with Gasteiger partial charge < -0.3 is 10.6 Å². The molecule has 1 aliphatic rings. The van der Waals surface area contributed by atoms with E-state index in [1.165, 1.54) is 19.3 Å². The van der Waals surface area contributed by atoms with Crippen LogP contribution in [-0.4, -0.2) is 23.1 Å². The summed E-state index contributed by atoms with van der Waals surface area (Å²) in [7, 11) is 0. The van der Waals surface area contributed by atoms with Gasteiger partial charge in [0.05, 0.1) is 5.56 Å². The summed E-state index contributed by atoms with van der Waals surface area (Å²) in [5.41, 5.74) is 9.00. The third-order valence-electron chi connectivity index (χ3n) is 3.96. The third kappa shape index (κ3) is 3.06. The number of hydrogen-bond acceptors (Lipinski definition) is 3. The standard InChI is InChI=1S/C15H23N3S/c1-4-18(9-12-6-5-7-12)15-13(14(16)19)10(2)8-11(3)17-15/h8,12H,4-7,9H2,1-3H3,(H2,16,19). The van der Waals surface area contributed by atoms with Crippen molar-refractivity contribution in [1.29, 1.82) is 0 Å². The second kappa shape index (κ2) is 5.87. The molecular weight excluding hydrogens is 254 g/mol. The summed E-state index contributed by atoms with van der Waals surface area (Å²) in [5, 5.41) is 0. The van der Waals surface area contributed by atoms with Crippen LogP contribution in [0.4, 0.5) is 5.82 Å². The number of aryl methyl sites for hydroxylation is 2. The van der Waals surface area contributed by atoms with Crippen molar-refractivity contribution in [3.8, 4) is 0 Å². The van der Waals surface area contributed by atoms with Crippen molar-refractivity contribution >= 4 is 23.0 Å². The first kappa shape index (κ1) is 14.3. The van der Waals surface area contributed by atoms with Crippen LogP contribution in [0.1, 0.15) is 43.0 Å². The normalized spacial score (nSPS) is 15.1. The first-order valence-corrected chi connectivity index (χ1v) is 7.46. The second-order valence-electron chi connectivity index (χ2n) is 5.48. The van der Waals surface area contributed by atoms with Crippen molar-refractivity contribution in [3.63, 3.8) is 0 Å². The van der Waals surface area contributed by atoms with Crippen molar-refractivity contribution in [1.82, 2.24) is 4.98 Å². The highest BCUT2D eigenvalue weighted by Gasteiger charge is 2.23. The molecule has 1 saturated carbocycles. The minimum Gasteiger partial charge on any atom is -0.389 e. The molecule has 3 nitrogen and oxygen atoms in total. The fourth-order valence-electron chi connectivity index (χ4n) is 2.70. The Hall–Kier alpha value is -1.16. The Balaban J connectivity index is 2.36. The molecule has 0 saturated heterocycles. The second-order valence-corrected chi connectivity index (χ2v) is 5.92. The van der Waals surface area contributed by atoms with Crippen LogP contribution in [0.5, 0.6) is 0 Å². The van der Waals surface area contributed by atoms with E-state index in [2.05, 4.69) is 24.8 Å². The lowest BCUT2D eigenvalue weighted by molar-refractivity contribution is 0.318. The molecule has 0 spiro atoms. The Morgan fingerprint density at radius 3 is 2.63 bits per heavy atom. The maximum absolute atomic E-state index is 5.90. The first-order valence-electron chi connectivity index (χ1n) is 7.06. The zero-order valence-electron chi connectivity index (χ0n) is 12.1. The number of hydrogen-bond donors (Lipinski definition) is 1. The maximum atomic E-state index is 5.90. The molecule has 0 unspecified atom stereocenters. The molecule has 1 aliphatic carbocycles. The van der Waals surface area contributed by atoms with Gasteiger partial charge >= 0.3 is 0 Å². The predicted octanol–water partition coefficient (Wildman–Crippen LogP) is 2.96. The van der Waals surface area contributed by atoms with Gasteiger partial charge in [0.2, 0.25) is 0 Å². The average molecular weight is 277 g/mol. The lowest BCUT2D eigenvalue weighted by atomic mass is 9.85. The molecule has 2 rings (SSSR count). The molecule has 1 fully saturated rings. The minimum atomic E-state index is 0.451. The number of thiocarbonyl (C=S) groups is 1. The molecule has 0 aliphatic heterocycles. The molecule has 4 heteroatoms. The van der Waals surface area contributed by atoms with Crippen molar-refractivity contribution in [2.24, 2.45) is 11.7 Å². The Kier molecular flexibility index (Phi) is 4.40. The van der Waals surface area contributed by atoms with Crippen molar-refractivity contribution in [2.45, 2.75) is 40.0 Å². The van der Waals surface area contributed by atoms with Gasteiger partial charge in [-0.2, -0.15) is 0 Å². The van der Waals surface area contributed by atoms with Crippen molar-refractivity contribution in [3.05, 3.63) is 22.9 Å². The molecule has 1 aromatic rings. The number of nitrogens with two attached hydrogens (primary N) is 1. The molecule has 0 bridgehead atoms. The van der Waals surface area contributed by atoms with Crippen LogP contribution in [0.15, 0.2) is 6.07 Å². The first-order chi connectivity index (χ1) is 9.02. The number of pyridine rings is 1. The summed E-state index contributed by atoms with van der Waals surface area (Å²) in [6, 6.07) is 2.05. The van der Waals surface area contributed by atoms with Gasteiger partial charge in [0.1, 0.15) is 10.8 Å². The van der Waals surface area contributed by atoms with Gasteiger partial charge in [0.25, 0.3) is 0 Å². The number of nitrogens with zero attached hydrogens (tertiary/aromatic N) is 2. The Bertz CT molecular complexity index is 481. The zero-order valence-corrected chi connectivity index (χ0v) is 12.9. The number of anilines is 1. The lowest BCUT2D eigenvalue weighted by Gasteiger charge is -2.33. The Labute approximate surface area is 121 Å². The molecule has 2 N–H and O–H groups in total. The highest BCUT2D eigenvalue weighted by atomic mass is 32.1. The van der Waals surface area contributed by atoms with E-state index in [1.807, 2.05) is 6.92 Å². The fourth-order valence-corrected chi connectivity index (χ4v) is 2.96. The van der Waals surface area contributed by atoms with E-state index in [0.717, 1.165) is 41.6 Å². The van der Waals surface area contributed by atoms with Gasteiger partial charge in [-0.3, -0.25) is 0 Å². The van der Waals surface area contributed by atoms with Gasteiger partial charge in [0.15, 0.2) is 0 Å². The minimum absolute atomic E-state index is 0.451. The highest BCUT2D eigenvalue weighted by molar-refractivity contribution is 7.80. The summed E-state index contributed by atoms with van der Waals surface area (Å²) < 4.78 is 0.